The summed E-state index contributed by atoms with van der Waals surface area (Å²) in [5.41, 5.74) is 3.91. The van der Waals surface area contributed by atoms with Crippen LogP contribution >= 0.6 is 11.3 Å². The number of thiazole rings is 1. The van der Waals surface area contributed by atoms with Gasteiger partial charge in [0.05, 0.1) is 10.2 Å². The fourth-order valence-corrected chi connectivity index (χ4v) is 4.56. The summed E-state index contributed by atoms with van der Waals surface area (Å²) in [4.78, 5) is 17.2. The molecule has 1 amide bonds. The van der Waals surface area contributed by atoms with E-state index in [2.05, 4.69) is 27.0 Å². The number of aromatic nitrogens is 2. The molecular weight excluding hydrogens is 416 g/mol. The van der Waals surface area contributed by atoms with Crippen LogP contribution in [0.1, 0.15) is 11.1 Å². The second kappa shape index (κ2) is 8.50. The van der Waals surface area contributed by atoms with Crippen molar-refractivity contribution in [2.45, 2.75) is 6.54 Å². The van der Waals surface area contributed by atoms with E-state index in [9.17, 15) is 10.1 Å². The monoisotopic (exact) mass is 434 g/mol. The van der Waals surface area contributed by atoms with E-state index in [1.807, 2.05) is 79.0 Å². The van der Waals surface area contributed by atoms with E-state index < -0.39 is 5.91 Å². The summed E-state index contributed by atoms with van der Waals surface area (Å²) >= 11 is 1.38. The smallest absolute Gasteiger partial charge is 0.268 e. The van der Waals surface area contributed by atoms with Crippen molar-refractivity contribution < 1.29 is 4.79 Å². The number of nitrogens with zero attached hydrogens (tertiary/aromatic N) is 3. The van der Waals surface area contributed by atoms with Gasteiger partial charge >= 0.3 is 0 Å². The van der Waals surface area contributed by atoms with E-state index in [1.165, 1.54) is 16.9 Å². The normalized spacial score (nSPS) is 11.5. The molecule has 0 unspecified atom stereocenters. The molecule has 0 saturated carbocycles. The van der Waals surface area contributed by atoms with Gasteiger partial charge in [0.15, 0.2) is 5.13 Å². The minimum Gasteiger partial charge on any atom is -0.342 e. The molecule has 32 heavy (non-hydrogen) atoms. The number of hydrogen-bond donors (Lipinski definition) is 1. The highest BCUT2D eigenvalue weighted by atomic mass is 32.1. The lowest BCUT2D eigenvalue weighted by atomic mass is 10.1. The van der Waals surface area contributed by atoms with Crippen LogP contribution in [0.25, 0.3) is 27.2 Å². The first kappa shape index (κ1) is 19.7. The van der Waals surface area contributed by atoms with Gasteiger partial charge in [-0.1, -0.05) is 72.0 Å². The van der Waals surface area contributed by atoms with E-state index in [1.54, 1.807) is 6.08 Å². The van der Waals surface area contributed by atoms with Crippen LogP contribution in [0.15, 0.2) is 90.6 Å². The zero-order valence-corrected chi connectivity index (χ0v) is 17.8. The van der Waals surface area contributed by atoms with E-state index in [-0.39, 0.29) is 5.57 Å². The minimum atomic E-state index is -0.466. The number of carbonyl (C=O) groups is 1. The summed E-state index contributed by atoms with van der Waals surface area (Å²) in [5, 5.41) is 13.9. The van der Waals surface area contributed by atoms with Crippen molar-refractivity contribution in [1.29, 1.82) is 5.26 Å². The molecule has 5 nitrogen and oxygen atoms in total. The fourth-order valence-electron chi connectivity index (χ4n) is 3.70. The number of carbonyl (C=O) groups excluding carboxylic acids is 1. The van der Waals surface area contributed by atoms with Gasteiger partial charge in [0.25, 0.3) is 5.91 Å². The maximum absolute atomic E-state index is 12.8. The Kier molecular flexibility index (Phi) is 5.24. The first-order valence-electron chi connectivity index (χ1n) is 10.1. The topological polar surface area (TPSA) is 70.7 Å². The molecule has 0 radical (unpaired) electrons. The van der Waals surface area contributed by atoms with Crippen molar-refractivity contribution in [3.63, 3.8) is 0 Å². The SMILES string of the molecule is N#C/C(=C\c1cn(Cc2ccccc2)c2ccccc12)C(=O)Nc1nc2ccccc2s1. The first-order valence-corrected chi connectivity index (χ1v) is 10.9. The maximum Gasteiger partial charge on any atom is 0.268 e. The summed E-state index contributed by atoms with van der Waals surface area (Å²) in [6, 6.07) is 27.9. The lowest BCUT2D eigenvalue weighted by Gasteiger charge is -2.05. The number of nitrogens with one attached hydrogen (secondary N) is 1. The van der Waals surface area contributed by atoms with Crippen LogP contribution in [0, 0.1) is 11.3 Å². The van der Waals surface area contributed by atoms with E-state index in [0.717, 1.165) is 26.7 Å². The number of hydrogen-bond acceptors (Lipinski definition) is 4. The third-order valence-corrected chi connectivity index (χ3v) is 6.15. The van der Waals surface area contributed by atoms with Gasteiger partial charge in [-0.3, -0.25) is 10.1 Å². The molecule has 2 aromatic heterocycles. The summed E-state index contributed by atoms with van der Waals surface area (Å²) in [6.07, 6.45) is 3.63. The molecule has 6 heteroatoms. The van der Waals surface area contributed by atoms with Gasteiger partial charge in [-0.05, 0) is 29.8 Å². The maximum atomic E-state index is 12.8. The highest BCUT2D eigenvalue weighted by Gasteiger charge is 2.15. The van der Waals surface area contributed by atoms with Gasteiger partial charge < -0.3 is 4.57 Å². The van der Waals surface area contributed by atoms with E-state index in [4.69, 9.17) is 0 Å². The molecule has 0 bridgehead atoms. The predicted octanol–water partition coefficient (Wildman–Crippen LogP) is 5.84. The largest absolute Gasteiger partial charge is 0.342 e. The Labute approximate surface area is 188 Å². The number of fused-ring (bicyclic) bond motifs is 2. The summed E-state index contributed by atoms with van der Waals surface area (Å²) in [5.74, 6) is -0.466. The Hall–Kier alpha value is -4.21. The number of amides is 1. The molecule has 5 rings (SSSR count). The molecular formula is C26H18N4OS. The standard InChI is InChI=1S/C26H18N4OS/c27-15-19(25(31)29-26-28-22-11-5-7-13-24(22)32-26)14-20-17-30(16-18-8-2-1-3-9-18)23-12-6-4-10-21(20)23/h1-14,17H,16H2,(H,28,29,31)/b19-14+. The summed E-state index contributed by atoms with van der Waals surface area (Å²) < 4.78 is 3.12. The first-order chi connectivity index (χ1) is 15.7. The second-order valence-electron chi connectivity index (χ2n) is 7.33. The quantitative estimate of drug-likeness (QED) is 0.279. The number of anilines is 1. The van der Waals surface area contributed by atoms with Crippen LogP contribution in [0.5, 0.6) is 0 Å². The van der Waals surface area contributed by atoms with Gasteiger partial charge in [-0.2, -0.15) is 5.26 Å². The predicted molar refractivity (Wildman–Crippen MR) is 129 cm³/mol. The van der Waals surface area contributed by atoms with E-state index >= 15 is 0 Å². The van der Waals surface area contributed by atoms with Crippen molar-refractivity contribution >= 4 is 49.6 Å². The molecule has 0 atom stereocenters. The van der Waals surface area contributed by atoms with Crippen LogP contribution < -0.4 is 5.32 Å². The van der Waals surface area contributed by atoms with Crippen molar-refractivity contribution in [3.8, 4) is 6.07 Å². The molecule has 1 N–H and O–H groups in total. The van der Waals surface area contributed by atoms with Crippen LogP contribution in [0.2, 0.25) is 0 Å². The lowest BCUT2D eigenvalue weighted by molar-refractivity contribution is -0.112. The third-order valence-electron chi connectivity index (χ3n) is 5.19. The summed E-state index contributed by atoms with van der Waals surface area (Å²) in [6.45, 7) is 0.703. The molecule has 0 saturated heterocycles. The van der Waals surface area contributed by atoms with Crippen LogP contribution in [-0.2, 0) is 11.3 Å². The lowest BCUT2D eigenvalue weighted by Crippen LogP contribution is -2.13. The van der Waals surface area contributed by atoms with Crippen molar-refractivity contribution in [2.24, 2.45) is 0 Å². The zero-order chi connectivity index (χ0) is 21.9. The van der Waals surface area contributed by atoms with Crippen molar-refractivity contribution in [3.05, 3.63) is 102 Å². The average molecular weight is 435 g/mol. The Morgan fingerprint density at radius 3 is 2.59 bits per heavy atom. The third kappa shape index (κ3) is 3.89. The molecule has 0 aliphatic rings. The van der Waals surface area contributed by atoms with E-state index in [0.29, 0.717) is 11.7 Å². The number of benzene rings is 3. The Bertz CT molecular complexity index is 1470. The van der Waals surface area contributed by atoms with Gasteiger partial charge in [0, 0.05) is 29.2 Å². The van der Waals surface area contributed by atoms with Gasteiger partial charge in [0.1, 0.15) is 11.6 Å². The Morgan fingerprint density at radius 1 is 1.03 bits per heavy atom. The minimum absolute atomic E-state index is 0.0341. The number of nitriles is 1. The highest BCUT2D eigenvalue weighted by molar-refractivity contribution is 7.22. The second-order valence-corrected chi connectivity index (χ2v) is 8.36. The summed E-state index contributed by atoms with van der Waals surface area (Å²) in [7, 11) is 0. The van der Waals surface area contributed by atoms with Gasteiger partial charge in [-0.15, -0.1) is 0 Å². The van der Waals surface area contributed by atoms with Crippen LogP contribution in [0.4, 0.5) is 5.13 Å². The molecule has 0 aliphatic heterocycles. The number of para-hydroxylation sites is 2. The highest BCUT2D eigenvalue weighted by Crippen LogP contribution is 2.27. The molecule has 2 heterocycles. The molecule has 0 fully saturated rings. The fraction of sp³-hybridized carbons (Fsp3) is 0.0385. The average Bonchev–Trinajstić information content (AvgIpc) is 3.39. The Balaban J connectivity index is 1.47. The molecule has 5 aromatic rings. The van der Waals surface area contributed by atoms with Crippen molar-refractivity contribution in [2.75, 3.05) is 5.32 Å². The molecule has 0 spiro atoms. The van der Waals surface area contributed by atoms with Gasteiger partial charge in [0.2, 0.25) is 0 Å². The number of rotatable bonds is 5. The molecule has 0 aliphatic carbocycles. The molecule has 154 valence electrons. The zero-order valence-electron chi connectivity index (χ0n) is 17.0. The van der Waals surface area contributed by atoms with Gasteiger partial charge in [-0.25, -0.2) is 4.98 Å². The molecule has 3 aromatic carbocycles. The Morgan fingerprint density at radius 2 is 1.78 bits per heavy atom. The van der Waals surface area contributed by atoms with Crippen LogP contribution in [0.3, 0.4) is 0 Å². The van der Waals surface area contributed by atoms with Crippen LogP contribution in [-0.4, -0.2) is 15.5 Å². The van der Waals surface area contributed by atoms with Crippen molar-refractivity contribution in [1.82, 2.24) is 9.55 Å².